The first kappa shape index (κ1) is 17.5. The highest BCUT2D eigenvalue weighted by Gasteiger charge is 2.38. The zero-order chi connectivity index (χ0) is 19.7. The van der Waals surface area contributed by atoms with Gasteiger partial charge in [-0.3, -0.25) is 0 Å². The third kappa shape index (κ3) is 2.87. The van der Waals surface area contributed by atoms with Crippen molar-refractivity contribution in [3.8, 4) is 11.6 Å². The van der Waals surface area contributed by atoms with Crippen molar-refractivity contribution in [3.63, 3.8) is 0 Å². The molecule has 0 spiro atoms. The molecule has 2 heterocycles. The lowest BCUT2D eigenvalue weighted by atomic mass is 9.83. The third-order valence-electron chi connectivity index (χ3n) is 5.28. The average molecular weight is 379 g/mol. The average Bonchev–Trinajstić information content (AvgIpc) is 2.80. The number of benzene rings is 3. The third-order valence-corrected chi connectivity index (χ3v) is 5.28. The number of ether oxygens (including phenoxy) is 2. The van der Waals surface area contributed by atoms with Gasteiger partial charge in [0.25, 0.3) is 0 Å². The highest BCUT2D eigenvalue weighted by Crippen LogP contribution is 2.46. The summed E-state index contributed by atoms with van der Waals surface area (Å²) >= 11 is 0. The number of aromatic nitrogens is 1. The van der Waals surface area contributed by atoms with E-state index in [4.69, 9.17) is 14.5 Å². The molecule has 0 N–H and O–H groups in total. The van der Waals surface area contributed by atoms with Crippen molar-refractivity contribution in [1.82, 2.24) is 4.98 Å². The van der Waals surface area contributed by atoms with Crippen LogP contribution in [0.2, 0.25) is 0 Å². The van der Waals surface area contributed by atoms with E-state index in [0.717, 1.165) is 33.3 Å². The second-order valence-corrected chi connectivity index (χ2v) is 7.01. The van der Waals surface area contributed by atoms with Crippen LogP contribution in [0.15, 0.2) is 91.0 Å². The monoisotopic (exact) mass is 379 g/mol. The maximum Gasteiger partial charge on any atom is 0.225 e. The zero-order valence-corrected chi connectivity index (χ0v) is 16.2. The van der Waals surface area contributed by atoms with Gasteiger partial charge >= 0.3 is 0 Å². The highest BCUT2D eigenvalue weighted by molar-refractivity contribution is 5.91. The van der Waals surface area contributed by atoms with Gasteiger partial charge in [0.1, 0.15) is 5.75 Å². The van der Waals surface area contributed by atoms with Crippen LogP contribution in [-0.4, -0.2) is 11.6 Å². The van der Waals surface area contributed by atoms with Crippen LogP contribution in [0.1, 0.15) is 23.6 Å². The van der Waals surface area contributed by atoms with E-state index < -0.39 is 5.60 Å². The fraction of sp³-hybridized carbons (Fsp3) is 0.115. The van der Waals surface area contributed by atoms with Crippen molar-refractivity contribution in [1.29, 1.82) is 0 Å². The Kier molecular flexibility index (Phi) is 4.28. The van der Waals surface area contributed by atoms with Crippen molar-refractivity contribution in [2.24, 2.45) is 0 Å². The van der Waals surface area contributed by atoms with Gasteiger partial charge < -0.3 is 9.47 Å². The van der Waals surface area contributed by atoms with E-state index in [2.05, 4.69) is 42.5 Å². The van der Waals surface area contributed by atoms with Crippen LogP contribution in [0.25, 0.3) is 17.0 Å². The molecule has 4 aromatic rings. The van der Waals surface area contributed by atoms with Crippen molar-refractivity contribution in [3.05, 3.63) is 108 Å². The molecule has 5 rings (SSSR count). The SMILES string of the molecule is CCOc1nc2ccccc2c2c1C=CC(c1ccccc1)(c1ccccc1)O2. The highest BCUT2D eigenvalue weighted by atomic mass is 16.5. The Hall–Kier alpha value is -3.59. The van der Waals surface area contributed by atoms with Crippen LogP contribution in [0.3, 0.4) is 0 Å². The molecule has 0 radical (unpaired) electrons. The lowest BCUT2D eigenvalue weighted by molar-refractivity contribution is 0.162. The quantitative estimate of drug-likeness (QED) is 0.437. The predicted molar refractivity (Wildman–Crippen MR) is 116 cm³/mol. The molecule has 29 heavy (non-hydrogen) atoms. The molecule has 3 aromatic carbocycles. The summed E-state index contributed by atoms with van der Waals surface area (Å²) < 4.78 is 12.7. The molecule has 142 valence electrons. The summed E-state index contributed by atoms with van der Waals surface area (Å²) in [5, 5.41) is 0.978. The van der Waals surface area contributed by atoms with Gasteiger partial charge in [0.15, 0.2) is 5.60 Å². The molecular weight excluding hydrogens is 358 g/mol. The van der Waals surface area contributed by atoms with Crippen molar-refractivity contribution in [2.75, 3.05) is 6.61 Å². The molecule has 1 aliphatic rings. The van der Waals surface area contributed by atoms with E-state index in [1.54, 1.807) is 0 Å². The van der Waals surface area contributed by atoms with Gasteiger partial charge in [-0.15, -0.1) is 0 Å². The number of nitrogens with zero attached hydrogens (tertiary/aromatic N) is 1. The Morgan fingerprint density at radius 1 is 0.828 bits per heavy atom. The second-order valence-electron chi connectivity index (χ2n) is 7.01. The molecule has 0 saturated carbocycles. The van der Waals surface area contributed by atoms with Gasteiger partial charge in [-0.05, 0) is 31.2 Å². The van der Waals surface area contributed by atoms with E-state index in [0.29, 0.717) is 12.5 Å². The van der Waals surface area contributed by atoms with Gasteiger partial charge in [0, 0.05) is 16.5 Å². The summed E-state index contributed by atoms with van der Waals surface area (Å²) in [7, 11) is 0. The summed E-state index contributed by atoms with van der Waals surface area (Å²) in [6.45, 7) is 2.52. The molecule has 1 aromatic heterocycles. The maximum absolute atomic E-state index is 6.89. The van der Waals surface area contributed by atoms with Crippen LogP contribution < -0.4 is 9.47 Å². The molecule has 0 atom stereocenters. The number of hydrogen-bond donors (Lipinski definition) is 0. The van der Waals surface area contributed by atoms with E-state index >= 15 is 0 Å². The van der Waals surface area contributed by atoms with Crippen LogP contribution in [0.4, 0.5) is 0 Å². The smallest absolute Gasteiger partial charge is 0.225 e. The van der Waals surface area contributed by atoms with Crippen LogP contribution in [-0.2, 0) is 5.60 Å². The van der Waals surface area contributed by atoms with Gasteiger partial charge in [-0.1, -0.05) is 72.8 Å². The number of fused-ring (bicyclic) bond motifs is 3. The minimum atomic E-state index is -0.719. The summed E-state index contributed by atoms with van der Waals surface area (Å²) in [5.74, 6) is 1.40. The molecule has 3 heteroatoms. The second kappa shape index (κ2) is 7.10. The largest absolute Gasteiger partial charge is 0.477 e. The fourth-order valence-corrected chi connectivity index (χ4v) is 3.92. The van der Waals surface area contributed by atoms with Crippen molar-refractivity contribution < 1.29 is 9.47 Å². The normalized spacial score (nSPS) is 14.2. The molecule has 0 saturated heterocycles. The molecular formula is C26H21NO2. The number of para-hydroxylation sites is 1. The van der Waals surface area contributed by atoms with Crippen LogP contribution in [0, 0.1) is 0 Å². The van der Waals surface area contributed by atoms with Gasteiger partial charge in [-0.2, -0.15) is 0 Å². The molecule has 0 unspecified atom stereocenters. The van der Waals surface area contributed by atoms with Crippen molar-refractivity contribution in [2.45, 2.75) is 12.5 Å². The molecule has 0 aliphatic carbocycles. The first-order valence-electron chi connectivity index (χ1n) is 9.86. The lowest BCUT2D eigenvalue weighted by Gasteiger charge is -2.36. The summed E-state index contributed by atoms with van der Waals surface area (Å²) in [6.07, 6.45) is 4.20. The maximum atomic E-state index is 6.89. The Morgan fingerprint density at radius 2 is 1.45 bits per heavy atom. The lowest BCUT2D eigenvalue weighted by Crippen LogP contribution is -2.34. The Bertz CT molecular complexity index is 1140. The molecule has 0 amide bonds. The van der Waals surface area contributed by atoms with Crippen LogP contribution in [0.5, 0.6) is 11.6 Å². The number of hydrogen-bond acceptors (Lipinski definition) is 3. The van der Waals surface area contributed by atoms with E-state index in [1.807, 2.05) is 61.5 Å². The van der Waals surface area contributed by atoms with E-state index in [9.17, 15) is 0 Å². The van der Waals surface area contributed by atoms with Gasteiger partial charge in [-0.25, -0.2) is 4.98 Å². The summed E-state index contributed by atoms with van der Waals surface area (Å²) in [4.78, 5) is 4.72. The van der Waals surface area contributed by atoms with Crippen molar-refractivity contribution >= 4 is 17.0 Å². The molecule has 0 fully saturated rings. The van der Waals surface area contributed by atoms with E-state index in [-0.39, 0.29) is 0 Å². The Labute approximate surface area is 170 Å². The topological polar surface area (TPSA) is 31.4 Å². The summed E-state index contributed by atoms with van der Waals surface area (Å²) in [6, 6.07) is 28.7. The fourth-order valence-electron chi connectivity index (χ4n) is 3.92. The standard InChI is InChI=1S/C26H21NO2/c1-2-28-25-22-17-18-26(19-11-5-3-6-12-19,20-13-7-4-8-14-20)29-24(22)21-15-9-10-16-23(21)27-25/h3-18H,2H2,1H3. The van der Waals surface area contributed by atoms with Gasteiger partial charge in [0.2, 0.25) is 5.88 Å². The predicted octanol–water partition coefficient (Wildman–Crippen LogP) is 5.98. The van der Waals surface area contributed by atoms with E-state index in [1.165, 1.54) is 0 Å². The Balaban J connectivity index is 1.79. The zero-order valence-electron chi connectivity index (χ0n) is 16.2. The number of rotatable bonds is 4. The molecule has 1 aliphatic heterocycles. The summed E-state index contributed by atoms with van der Waals surface area (Å²) in [5.41, 5.74) is 3.18. The molecule has 3 nitrogen and oxygen atoms in total. The molecule has 0 bridgehead atoms. The first-order valence-corrected chi connectivity index (χ1v) is 9.86. The number of pyridine rings is 1. The first-order chi connectivity index (χ1) is 14.3. The van der Waals surface area contributed by atoms with Crippen LogP contribution >= 0.6 is 0 Å². The minimum absolute atomic E-state index is 0.550. The van der Waals surface area contributed by atoms with Gasteiger partial charge in [0.05, 0.1) is 17.7 Å². The minimum Gasteiger partial charge on any atom is -0.477 e. The Morgan fingerprint density at radius 3 is 2.10 bits per heavy atom.